The van der Waals surface area contributed by atoms with Crippen LogP contribution in [0.2, 0.25) is 0 Å². The van der Waals surface area contributed by atoms with Gasteiger partial charge >= 0.3 is 6.09 Å². The van der Waals surface area contributed by atoms with E-state index < -0.39 is 5.60 Å². The number of hydrogen-bond donors (Lipinski definition) is 1. The zero-order valence-corrected chi connectivity index (χ0v) is 15.0. The van der Waals surface area contributed by atoms with Crippen molar-refractivity contribution < 1.29 is 9.53 Å². The van der Waals surface area contributed by atoms with Crippen LogP contribution in [0.15, 0.2) is 0 Å². The number of nitrogens with one attached hydrogen (secondary N) is 1. The molecule has 2 fully saturated rings. The van der Waals surface area contributed by atoms with Crippen molar-refractivity contribution in [1.29, 1.82) is 0 Å². The van der Waals surface area contributed by atoms with E-state index in [0.717, 1.165) is 31.5 Å². The quantitative estimate of drug-likeness (QED) is 0.861. The first-order chi connectivity index (χ1) is 10.2. The Kier molecular flexibility index (Phi) is 5.76. The highest BCUT2D eigenvalue weighted by atomic mass is 16.6. The number of likely N-dealkylation sites (tertiary alicyclic amines) is 1. The highest BCUT2D eigenvalue weighted by Gasteiger charge is 2.34. The van der Waals surface area contributed by atoms with E-state index in [-0.39, 0.29) is 6.09 Å². The summed E-state index contributed by atoms with van der Waals surface area (Å²) in [7, 11) is 0. The predicted octanol–water partition coefficient (Wildman–Crippen LogP) is 3.66. The van der Waals surface area contributed by atoms with Crippen LogP contribution in [0.3, 0.4) is 0 Å². The Morgan fingerprint density at radius 3 is 2.27 bits per heavy atom. The van der Waals surface area contributed by atoms with Crippen molar-refractivity contribution in [2.75, 3.05) is 19.6 Å². The first-order valence-corrected chi connectivity index (χ1v) is 8.96. The third-order valence-electron chi connectivity index (χ3n) is 5.02. The Hall–Kier alpha value is -0.770. The molecule has 2 aliphatic rings. The fraction of sp³-hybridized carbons (Fsp3) is 0.944. The third kappa shape index (κ3) is 5.15. The summed E-state index contributed by atoms with van der Waals surface area (Å²) in [6, 6.07) is 0.686. The molecule has 0 aromatic heterocycles. The maximum atomic E-state index is 11.9. The number of nitrogens with zero attached hydrogens (tertiary/aromatic N) is 1. The van der Waals surface area contributed by atoms with Gasteiger partial charge in [0, 0.05) is 31.6 Å². The summed E-state index contributed by atoms with van der Waals surface area (Å²) in [6.45, 7) is 13.1. The summed E-state index contributed by atoms with van der Waals surface area (Å²) >= 11 is 0. The summed E-state index contributed by atoms with van der Waals surface area (Å²) in [5.41, 5.74) is -0.393. The van der Waals surface area contributed by atoms with Gasteiger partial charge in [0.1, 0.15) is 5.60 Å². The molecule has 2 rings (SSSR count). The van der Waals surface area contributed by atoms with Crippen LogP contribution in [0, 0.1) is 17.8 Å². The minimum Gasteiger partial charge on any atom is -0.444 e. The Morgan fingerprint density at radius 1 is 1.18 bits per heavy atom. The first-order valence-electron chi connectivity index (χ1n) is 8.96. The summed E-state index contributed by atoms with van der Waals surface area (Å²) in [5, 5.41) is 3.71. The molecule has 4 heteroatoms. The summed E-state index contributed by atoms with van der Waals surface area (Å²) in [5.74, 6) is 2.34. The van der Waals surface area contributed by atoms with Crippen LogP contribution in [-0.2, 0) is 4.74 Å². The van der Waals surface area contributed by atoms with Crippen LogP contribution >= 0.6 is 0 Å². The zero-order valence-electron chi connectivity index (χ0n) is 15.0. The van der Waals surface area contributed by atoms with Crippen LogP contribution in [0.5, 0.6) is 0 Å². The Balaban J connectivity index is 1.58. The lowest BCUT2D eigenvalue weighted by atomic mass is 9.79. The topological polar surface area (TPSA) is 41.6 Å². The van der Waals surface area contributed by atoms with Gasteiger partial charge in [-0.15, -0.1) is 0 Å². The van der Waals surface area contributed by atoms with Crippen molar-refractivity contribution in [2.24, 2.45) is 17.8 Å². The van der Waals surface area contributed by atoms with Crippen molar-refractivity contribution in [3.8, 4) is 0 Å². The molecular formula is C18H34N2O2. The van der Waals surface area contributed by atoms with Crippen molar-refractivity contribution in [3.63, 3.8) is 0 Å². The van der Waals surface area contributed by atoms with Crippen molar-refractivity contribution >= 4 is 6.09 Å². The smallest absolute Gasteiger partial charge is 0.410 e. The average molecular weight is 310 g/mol. The van der Waals surface area contributed by atoms with E-state index in [0.29, 0.717) is 12.0 Å². The second kappa shape index (κ2) is 7.20. The van der Waals surface area contributed by atoms with E-state index in [1.54, 1.807) is 0 Å². The molecule has 0 aromatic carbocycles. The van der Waals surface area contributed by atoms with E-state index in [4.69, 9.17) is 4.74 Å². The molecule has 1 saturated heterocycles. The van der Waals surface area contributed by atoms with Gasteiger partial charge in [-0.2, -0.15) is 0 Å². The predicted molar refractivity (Wildman–Crippen MR) is 89.9 cm³/mol. The maximum Gasteiger partial charge on any atom is 0.410 e. The molecule has 1 aliphatic heterocycles. The largest absolute Gasteiger partial charge is 0.444 e. The van der Waals surface area contributed by atoms with Crippen LogP contribution in [0.4, 0.5) is 4.79 Å². The first kappa shape index (κ1) is 17.6. The number of carbonyl (C=O) groups excluding carboxylic acids is 1. The number of ether oxygens (including phenoxy) is 1. The van der Waals surface area contributed by atoms with Gasteiger partial charge in [0.05, 0.1) is 0 Å². The van der Waals surface area contributed by atoms with Gasteiger partial charge in [-0.05, 0) is 58.3 Å². The second-order valence-electron chi connectivity index (χ2n) is 8.52. The van der Waals surface area contributed by atoms with E-state index in [1.165, 1.54) is 25.7 Å². The SMILES string of the molecule is CC(C)C1CCC(NCC2CN(C(=O)OC(C)(C)C)C2)CC1. The average Bonchev–Trinajstić information content (AvgIpc) is 2.35. The van der Waals surface area contributed by atoms with Gasteiger partial charge in [0.25, 0.3) is 0 Å². The number of rotatable bonds is 4. The van der Waals surface area contributed by atoms with Crippen LogP contribution in [-0.4, -0.2) is 42.3 Å². The fourth-order valence-corrected chi connectivity index (χ4v) is 3.50. The normalized spacial score (nSPS) is 26.9. The number of hydrogen-bond acceptors (Lipinski definition) is 3. The molecule has 0 bridgehead atoms. The molecule has 0 aromatic rings. The summed E-state index contributed by atoms with van der Waals surface area (Å²) in [4.78, 5) is 13.7. The molecule has 1 aliphatic carbocycles. The standard InChI is InChI=1S/C18H34N2O2/c1-13(2)15-6-8-16(9-7-15)19-10-14-11-20(12-14)17(21)22-18(3,4)5/h13-16,19H,6-12H2,1-5H3. The molecule has 22 heavy (non-hydrogen) atoms. The zero-order chi connectivity index (χ0) is 16.3. The van der Waals surface area contributed by atoms with Gasteiger partial charge < -0.3 is 15.0 Å². The molecule has 1 heterocycles. The summed E-state index contributed by atoms with van der Waals surface area (Å²) < 4.78 is 5.39. The Labute approximate surface area is 136 Å². The molecule has 1 N–H and O–H groups in total. The molecule has 4 nitrogen and oxygen atoms in total. The molecular weight excluding hydrogens is 276 g/mol. The van der Waals surface area contributed by atoms with E-state index in [1.807, 2.05) is 25.7 Å². The maximum absolute atomic E-state index is 11.9. The van der Waals surface area contributed by atoms with Gasteiger partial charge in [-0.3, -0.25) is 0 Å². The van der Waals surface area contributed by atoms with Crippen molar-refractivity contribution in [1.82, 2.24) is 10.2 Å². The van der Waals surface area contributed by atoms with Gasteiger partial charge in [0.2, 0.25) is 0 Å². The highest BCUT2D eigenvalue weighted by molar-refractivity contribution is 5.69. The second-order valence-corrected chi connectivity index (χ2v) is 8.52. The van der Waals surface area contributed by atoms with E-state index in [2.05, 4.69) is 19.2 Å². The van der Waals surface area contributed by atoms with Crippen LogP contribution in [0.1, 0.15) is 60.3 Å². The monoisotopic (exact) mass is 310 g/mol. The molecule has 0 atom stereocenters. The lowest BCUT2D eigenvalue weighted by Crippen LogP contribution is -2.55. The van der Waals surface area contributed by atoms with E-state index >= 15 is 0 Å². The number of amides is 1. The minimum atomic E-state index is -0.393. The summed E-state index contributed by atoms with van der Waals surface area (Å²) in [6.07, 6.45) is 5.19. The Morgan fingerprint density at radius 2 is 1.77 bits per heavy atom. The Bertz CT molecular complexity index is 362. The molecule has 1 amide bonds. The number of carbonyl (C=O) groups is 1. The third-order valence-corrected chi connectivity index (χ3v) is 5.02. The van der Waals surface area contributed by atoms with Gasteiger partial charge in [0.15, 0.2) is 0 Å². The van der Waals surface area contributed by atoms with Gasteiger partial charge in [-0.25, -0.2) is 4.79 Å². The lowest BCUT2D eigenvalue weighted by Gasteiger charge is -2.41. The fourth-order valence-electron chi connectivity index (χ4n) is 3.50. The van der Waals surface area contributed by atoms with Crippen molar-refractivity contribution in [2.45, 2.75) is 71.9 Å². The lowest BCUT2D eigenvalue weighted by molar-refractivity contribution is -0.00130. The highest BCUT2D eigenvalue weighted by Crippen LogP contribution is 2.30. The van der Waals surface area contributed by atoms with Gasteiger partial charge in [-0.1, -0.05) is 13.8 Å². The van der Waals surface area contributed by atoms with Crippen LogP contribution < -0.4 is 5.32 Å². The molecule has 128 valence electrons. The molecule has 1 saturated carbocycles. The molecule has 0 spiro atoms. The molecule has 0 radical (unpaired) electrons. The van der Waals surface area contributed by atoms with Crippen molar-refractivity contribution in [3.05, 3.63) is 0 Å². The van der Waals surface area contributed by atoms with E-state index in [9.17, 15) is 4.79 Å². The molecule has 0 unspecified atom stereocenters. The minimum absolute atomic E-state index is 0.166. The van der Waals surface area contributed by atoms with Crippen LogP contribution in [0.25, 0.3) is 0 Å².